The Labute approximate surface area is 110 Å². The summed E-state index contributed by atoms with van der Waals surface area (Å²) in [7, 11) is 0. The SMILES string of the molecule is Cc1cccc(C(=O)C(C)(C)N2CCCC2)c1C. The molecule has 1 fully saturated rings. The van der Waals surface area contributed by atoms with Crippen molar-refractivity contribution >= 4 is 5.78 Å². The number of nitrogens with zero attached hydrogens (tertiary/aromatic N) is 1. The zero-order valence-electron chi connectivity index (χ0n) is 11.9. The van der Waals surface area contributed by atoms with Crippen molar-refractivity contribution in [2.24, 2.45) is 0 Å². The van der Waals surface area contributed by atoms with Crippen molar-refractivity contribution in [3.05, 3.63) is 34.9 Å². The fraction of sp³-hybridized carbons (Fsp3) is 0.562. The van der Waals surface area contributed by atoms with Crippen molar-refractivity contribution in [3.63, 3.8) is 0 Å². The third kappa shape index (κ3) is 2.22. The van der Waals surface area contributed by atoms with Crippen molar-refractivity contribution in [1.82, 2.24) is 4.90 Å². The molecule has 1 aromatic rings. The van der Waals surface area contributed by atoms with E-state index in [1.807, 2.05) is 19.1 Å². The highest BCUT2D eigenvalue weighted by Crippen LogP contribution is 2.27. The third-order valence-electron chi connectivity index (χ3n) is 4.30. The molecule has 1 aliphatic rings. The van der Waals surface area contributed by atoms with E-state index in [0.29, 0.717) is 0 Å². The van der Waals surface area contributed by atoms with Crippen LogP contribution in [0.15, 0.2) is 18.2 Å². The van der Waals surface area contributed by atoms with Crippen molar-refractivity contribution < 1.29 is 4.79 Å². The minimum absolute atomic E-state index is 0.255. The first-order chi connectivity index (χ1) is 8.44. The van der Waals surface area contributed by atoms with Gasteiger partial charge in [-0.1, -0.05) is 18.2 Å². The molecule has 2 nitrogen and oxygen atoms in total. The number of rotatable bonds is 3. The molecular formula is C16H23NO. The maximum Gasteiger partial charge on any atom is 0.182 e. The molecule has 98 valence electrons. The molecule has 0 amide bonds. The van der Waals surface area contributed by atoms with Crippen LogP contribution in [0.1, 0.15) is 48.2 Å². The molecule has 1 aliphatic heterocycles. The number of likely N-dealkylation sites (tertiary alicyclic amines) is 1. The van der Waals surface area contributed by atoms with Crippen LogP contribution in [0.4, 0.5) is 0 Å². The molecule has 1 saturated heterocycles. The number of benzene rings is 1. The Morgan fingerprint density at radius 3 is 2.39 bits per heavy atom. The highest BCUT2D eigenvalue weighted by atomic mass is 16.1. The number of Topliss-reactive ketones (excluding diaryl/α,β-unsaturated/α-hetero) is 1. The van der Waals surface area contributed by atoms with Gasteiger partial charge in [0.05, 0.1) is 5.54 Å². The van der Waals surface area contributed by atoms with Gasteiger partial charge in [-0.25, -0.2) is 0 Å². The number of carbonyl (C=O) groups excluding carboxylic acids is 1. The van der Waals surface area contributed by atoms with Crippen LogP contribution in [0.5, 0.6) is 0 Å². The van der Waals surface area contributed by atoms with Crippen molar-refractivity contribution in [3.8, 4) is 0 Å². The molecule has 0 saturated carbocycles. The van der Waals surface area contributed by atoms with Gasteiger partial charge in [-0.2, -0.15) is 0 Å². The first-order valence-electron chi connectivity index (χ1n) is 6.80. The van der Waals surface area contributed by atoms with E-state index in [0.717, 1.165) is 24.2 Å². The molecule has 0 radical (unpaired) electrons. The summed E-state index contributed by atoms with van der Waals surface area (Å²) in [5, 5.41) is 0. The van der Waals surface area contributed by atoms with Gasteiger partial charge in [-0.15, -0.1) is 0 Å². The number of carbonyl (C=O) groups is 1. The Balaban J connectivity index is 2.32. The van der Waals surface area contributed by atoms with Gasteiger partial charge < -0.3 is 0 Å². The van der Waals surface area contributed by atoms with E-state index in [4.69, 9.17) is 0 Å². The molecule has 0 aromatic heterocycles. The standard InChI is InChI=1S/C16H23NO/c1-12-8-7-9-14(13(12)2)15(18)16(3,4)17-10-5-6-11-17/h7-9H,5-6,10-11H2,1-4H3. The van der Waals surface area contributed by atoms with Crippen LogP contribution in [0.3, 0.4) is 0 Å². The van der Waals surface area contributed by atoms with Crippen LogP contribution in [-0.2, 0) is 0 Å². The van der Waals surface area contributed by atoms with Crippen molar-refractivity contribution in [1.29, 1.82) is 0 Å². The average molecular weight is 245 g/mol. The molecular weight excluding hydrogens is 222 g/mol. The van der Waals surface area contributed by atoms with Crippen LogP contribution < -0.4 is 0 Å². The molecule has 0 aliphatic carbocycles. The van der Waals surface area contributed by atoms with Crippen LogP contribution in [0.2, 0.25) is 0 Å². The molecule has 2 rings (SSSR count). The summed E-state index contributed by atoms with van der Waals surface area (Å²) in [4.78, 5) is 15.1. The molecule has 1 aromatic carbocycles. The van der Waals surface area contributed by atoms with Gasteiger partial charge in [0.15, 0.2) is 5.78 Å². The summed E-state index contributed by atoms with van der Waals surface area (Å²) in [6.07, 6.45) is 2.42. The lowest BCUT2D eigenvalue weighted by Crippen LogP contribution is -2.48. The second-order valence-corrected chi connectivity index (χ2v) is 5.83. The van der Waals surface area contributed by atoms with E-state index in [1.54, 1.807) is 0 Å². The van der Waals surface area contributed by atoms with Crippen LogP contribution in [0, 0.1) is 13.8 Å². The highest BCUT2D eigenvalue weighted by molar-refractivity contribution is 6.04. The number of hydrogen-bond acceptors (Lipinski definition) is 2. The Hall–Kier alpha value is -1.15. The summed E-state index contributed by atoms with van der Waals surface area (Å²) in [6, 6.07) is 6.01. The molecule has 0 bridgehead atoms. The Bertz CT molecular complexity index is 456. The number of aryl methyl sites for hydroxylation is 1. The summed E-state index contributed by atoms with van der Waals surface area (Å²) < 4.78 is 0. The maximum absolute atomic E-state index is 12.8. The molecule has 0 atom stereocenters. The summed E-state index contributed by atoms with van der Waals surface area (Å²) >= 11 is 0. The second kappa shape index (κ2) is 4.85. The molecule has 0 spiro atoms. The topological polar surface area (TPSA) is 20.3 Å². The lowest BCUT2D eigenvalue weighted by atomic mass is 9.88. The van der Waals surface area contributed by atoms with Gasteiger partial charge in [0, 0.05) is 5.56 Å². The predicted molar refractivity (Wildman–Crippen MR) is 75.1 cm³/mol. The third-order valence-corrected chi connectivity index (χ3v) is 4.30. The Kier molecular flexibility index (Phi) is 3.58. The second-order valence-electron chi connectivity index (χ2n) is 5.83. The molecule has 1 heterocycles. The predicted octanol–water partition coefficient (Wildman–Crippen LogP) is 3.36. The monoisotopic (exact) mass is 245 g/mol. The normalized spacial score (nSPS) is 17.1. The molecule has 0 N–H and O–H groups in total. The van der Waals surface area contributed by atoms with Gasteiger partial charge in [-0.3, -0.25) is 9.69 Å². The summed E-state index contributed by atoms with van der Waals surface area (Å²) in [5.41, 5.74) is 2.81. The maximum atomic E-state index is 12.8. The molecule has 0 unspecified atom stereocenters. The van der Waals surface area contributed by atoms with Gasteiger partial charge in [-0.05, 0) is 64.8 Å². The largest absolute Gasteiger partial charge is 0.292 e. The zero-order chi connectivity index (χ0) is 13.3. The lowest BCUT2D eigenvalue weighted by molar-refractivity contribution is 0.0702. The van der Waals surface area contributed by atoms with Crippen molar-refractivity contribution in [2.75, 3.05) is 13.1 Å². The number of hydrogen-bond donors (Lipinski definition) is 0. The van der Waals surface area contributed by atoms with Gasteiger partial charge >= 0.3 is 0 Å². The van der Waals surface area contributed by atoms with E-state index in [1.165, 1.54) is 18.4 Å². The Morgan fingerprint density at radius 1 is 1.17 bits per heavy atom. The van der Waals surface area contributed by atoms with Gasteiger partial charge in [0.1, 0.15) is 0 Å². The number of ketones is 1. The first-order valence-corrected chi connectivity index (χ1v) is 6.80. The van der Waals surface area contributed by atoms with E-state index in [2.05, 4.69) is 31.7 Å². The summed E-state index contributed by atoms with van der Waals surface area (Å²) in [6.45, 7) is 10.3. The molecule has 18 heavy (non-hydrogen) atoms. The van der Waals surface area contributed by atoms with Gasteiger partial charge in [0.2, 0.25) is 0 Å². The first kappa shape index (κ1) is 13.3. The quantitative estimate of drug-likeness (QED) is 0.761. The zero-order valence-corrected chi connectivity index (χ0v) is 11.9. The van der Waals surface area contributed by atoms with Crippen LogP contribution in [-0.4, -0.2) is 29.3 Å². The van der Waals surface area contributed by atoms with Crippen LogP contribution in [0.25, 0.3) is 0 Å². The van der Waals surface area contributed by atoms with Gasteiger partial charge in [0.25, 0.3) is 0 Å². The minimum Gasteiger partial charge on any atom is -0.292 e. The van der Waals surface area contributed by atoms with Crippen LogP contribution >= 0.6 is 0 Å². The highest BCUT2D eigenvalue weighted by Gasteiger charge is 2.36. The molecule has 2 heteroatoms. The average Bonchev–Trinajstić information content (AvgIpc) is 2.86. The van der Waals surface area contributed by atoms with Crippen molar-refractivity contribution in [2.45, 2.75) is 46.1 Å². The minimum atomic E-state index is -0.380. The van der Waals surface area contributed by atoms with E-state index in [9.17, 15) is 4.79 Å². The van der Waals surface area contributed by atoms with E-state index < -0.39 is 0 Å². The summed E-state index contributed by atoms with van der Waals surface area (Å²) in [5.74, 6) is 0.255. The van der Waals surface area contributed by atoms with E-state index in [-0.39, 0.29) is 11.3 Å². The smallest absolute Gasteiger partial charge is 0.182 e. The Morgan fingerprint density at radius 2 is 1.78 bits per heavy atom. The van der Waals surface area contributed by atoms with E-state index >= 15 is 0 Å². The fourth-order valence-electron chi connectivity index (χ4n) is 2.75. The fourth-order valence-corrected chi connectivity index (χ4v) is 2.75. The lowest BCUT2D eigenvalue weighted by Gasteiger charge is -2.34.